The Balaban J connectivity index is 1.58. The maximum absolute atomic E-state index is 13.4. The summed E-state index contributed by atoms with van der Waals surface area (Å²) in [6, 6.07) is -0.510. The minimum absolute atomic E-state index is 0.113. The highest BCUT2D eigenvalue weighted by Crippen LogP contribution is 2.37. The van der Waals surface area contributed by atoms with Crippen LogP contribution in [0.2, 0.25) is 0 Å². The molecule has 10 heteroatoms. The highest BCUT2D eigenvalue weighted by Gasteiger charge is 2.40. The second-order valence-electron chi connectivity index (χ2n) is 7.10. The molecule has 0 fully saturated rings. The van der Waals surface area contributed by atoms with Crippen LogP contribution < -0.4 is 5.32 Å². The number of carbonyl (C=O) groups is 1. The molecule has 28 heavy (non-hydrogen) atoms. The summed E-state index contributed by atoms with van der Waals surface area (Å²) in [5.74, 6) is -0.225. The van der Waals surface area contributed by atoms with Gasteiger partial charge in [-0.3, -0.25) is 14.2 Å². The lowest BCUT2D eigenvalue weighted by Crippen LogP contribution is -2.33. The molecular formula is C18H23BrF3N5O. The summed E-state index contributed by atoms with van der Waals surface area (Å²) in [7, 11) is 0. The summed E-state index contributed by atoms with van der Waals surface area (Å²) in [5.41, 5.74) is 1.90. The zero-order valence-corrected chi connectivity index (χ0v) is 17.6. The minimum atomic E-state index is -4.41. The van der Waals surface area contributed by atoms with Gasteiger partial charge in [0.15, 0.2) is 0 Å². The van der Waals surface area contributed by atoms with Gasteiger partial charge in [0, 0.05) is 18.7 Å². The molecule has 2 heterocycles. The molecule has 3 rings (SSSR count). The first-order valence-electron chi connectivity index (χ1n) is 9.26. The molecule has 1 unspecified atom stereocenters. The first kappa shape index (κ1) is 20.9. The fourth-order valence-corrected chi connectivity index (χ4v) is 3.90. The molecule has 1 aliphatic carbocycles. The molecule has 0 radical (unpaired) electrons. The number of nitrogens with one attached hydrogen (secondary N) is 1. The summed E-state index contributed by atoms with van der Waals surface area (Å²) < 4.78 is 43.7. The number of nitrogens with zero attached hydrogens (tertiary/aromatic N) is 4. The van der Waals surface area contributed by atoms with E-state index in [1.54, 1.807) is 11.6 Å². The van der Waals surface area contributed by atoms with Crippen molar-refractivity contribution in [2.24, 2.45) is 0 Å². The standard InChI is InChI=1S/C18H23BrF3N5O/c1-10-15(19)11(2)27(24-10)12(3)17(28)23-8-5-9-26-16(18(20,21)22)13-6-4-7-14(13)25-26/h12H,4-9H2,1-3H3,(H,23,28). The number of carbonyl (C=O) groups excluding carboxylic acids is 1. The first-order valence-corrected chi connectivity index (χ1v) is 10.0. The van der Waals surface area contributed by atoms with Crippen molar-refractivity contribution < 1.29 is 18.0 Å². The molecule has 1 aliphatic rings. The summed E-state index contributed by atoms with van der Waals surface area (Å²) in [6.45, 7) is 5.83. The van der Waals surface area contributed by atoms with Crippen LogP contribution in [-0.2, 0) is 30.4 Å². The number of hydrogen-bond acceptors (Lipinski definition) is 3. The van der Waals surface area contributed by atoms with Crippen molar-refractivity contribution in [3.8, 4) is 0 Å². The molecule has 1 atom stereocenters. The van der Waals surface area contributed by atoms with Crippen LogP contribution in [-0.4, -0.2) is 32.0 Å². The summed E-state index contributed by atoms with van der Waals surface area (Å²) in [4.78, 5) is 12.4. The van der Waals surface area contributed by atoms with Gasteiger partial charge >= 0.3 is 6.18 Å². The number of hydrogen-bond donors (Lipinski definition) is 1. The van der Waals surface area contributed by atoms with Crippen molar-refractivity contribution >= 4 is 21.8 Å². The van der Waals surface area contributed by atoms with Crippen LogP contribution in [0.3, 0.4) is 0 Å². The van der Waals surface area contributed by atoms with E-state index in [9.17, 15) is 18.0 Å². The molecule has 154 valence electrons. The van der Waals surface area contributed by atoms with Gasteiger partial charge in [0.2, 0.25) is 5.91 Å². The predicted molar refractivity (Wildman–Crippen MR) is 101 cm³/mol. The summed E-state index contributed by atoms with van der Waals surface area (Å²) >= 11 is 3.43. The normalized spacial score (nSPS) is 15.0. The third-order valence-corrected chi connectivity index (χ3v) is 6.22. The largest absolute Gasteiger partial charge is 0.433 e. The Hall–Kier alpha value is -1.84. The van der Waals surface area contributed by atoms with E-state index in [2.05, 4.69) is 31.4 Å². The Labute approximate surface area is 169 Å². The fourth-order valence-electron chi connectivity index (χ4n) is 3.64. The van der Waals surface area contributed by atoms with Gasteiger partial charge in [-0.1, -0.05) is 0 Å². The van der Waals surface area contributed by atoms with Gasteiger partial charge in [0.25, 0.3) is 0 Å². The quantitative estimate of drug-likeness (QED) is 0.666. The van der Waals surface area contributed by atoms with Crippen molar-refractivity contribution in [3.05, 3.63) is 32.8 Å². The van der Waals surface area contributed by atoms with Gasteiger partial charge in [0.1, 0.15) is 11.7 Å². The molecule has 1 amide bonds. The molecular weight excluding hydrogens is 439 g/mol. The number of fused-ring (bicyclic) bond motifs is 1. The molecule has 6 nitrogen and oxygen atoms in total. The molecule has 0 saturated heterocycles. The van der Waals surface area contributed by atoms with Crippen molar-refractivity contribution in [3.63, 3.8) is 0 Å². The van der Waals surface area contributed by atoms with E-state index >= 15 is 0 Å². The predicted octanol–water partition coefficient (Wildman–Crippen LogP) is 3.73. The van der Waals surface area contributed by atoms with Crippen LogP contribution in [0.25, 0.3) is 0 Å². The average molecular weight is 462 g/mol. The lowest BCUT2D eigenvalue weighted by molar-refractivity contribution is -0.144. The number of amides is 1. The Morgan fingerprint density at radius 2 is 2.00 bits per heavy atom. The van der Waals surface area contributed by atoms with Crippen molar-refractivity contribution in [2.75, 3.05) is 6.54 Å². The van der Waals surface area contributed by atoms with E-state index in [4.69, 9.17) is 0 Å². The highest BCUT2D eigenvalue weighted by molar-refractivity contribution is 9.10. The monoisotopic (exact) mass is 461 g/mol. The molecule has 0 bridgehead atoms. The topological polar surface area (TPSA) is 64.7 Å². The van der Waals surface area contributed by atoms with E-state index in [0.29, 0.717) is 30.5 Å². The minimum Gasteiger partial charge on any atom is -0.354 e. The molecule has 1 N–H and O–H groups in total. The average Bonchev–Trinajstić information content (AvgIpc) is 3.26. The van der Waals surface area contributed by atoms with Gasteiger partial charge in [-0.05, 0) is 62.4 Å². The van der Waals surface area contributed by atoms with E-state index in [1.165, 1.54) is 0 Å². The first-order chi connectivity index (χ1) is 13.1. The SMILES string of the molecule is Cc1nn(C(C)C(=O)NCCCn2nc3c(c2C(F)(F)F)CCC3)c(C)c1Br. The van der Waals surface area contributed by atoms with E-state index in [1.807, 2.05) is 13.8 Å². The number of halogens is 4. The maximum Gasteiger partial charge on any atom is 0.433 e. The molecule has 2 aromatic rings. The molecule has 0 aliphatic heterocycles. The van der Waals surface area contributed by atoms with Crippen LogP contribution in [0, 0.1) is 13.8 Å². The zero-order valence-electron chi connectivity index (χ0n) is 16.0. The number of rotatable bonds is 6. The van der Waals surface area contributed by atoms with Crippen LogP contribution >= 0.6 is 15.9 Å². The Bertz CT molecular complexity index is 887. The van der Waals surface area contributed by atoms with Crippen LogP contribution in [0.5, 0.6) is 0 Å². The summed E-state index contributed by atoms with van der Waals surface area (Å²) in [5, 5.41) is 11.3. The van der Waals surface area contributed by atoms with Gasteiger partial charge in [0.05, 0.1) is 21.6 Å². The lowest BCUT2D eigenvalue weighted by atomic mass is 10.2. The molecule has 0 spiro atoms. The van der Waals surface area contributed by atoms with Gasteiger partial charge < -0.3 is 5.32 Å². The van der Waals surface area contributed by atoms with Crippen LogP contribution in [0.1, 0.15) is 54.1 Å². The molecule has 0 aromatic carbocycles. The Morgan fingerprint density at radius 3 is 2.61 bits per heavy atom. The van der Waals surface area contributed by atoms with Crippen LogP contribution in [0.4, 0.5) is 13.2 Å². The van der Waals surface area contributed by atoms with E-state index in [-0.39, 0.29) is 19.0 Å². The molecule has 0 saturated carbocycles. The van der Waals surface area contributed by atoms with Crippen LogP contribution in [0.15, 0.2) is 4.47 Å². The van der Waals surface area contributed by atoms with E-state index < -0.39 is 17.9 Å². The van der Waals surface area contributed by atoms with Gasteiger partial charge in [-0.15, -0.1) is 0 Å². The van der Waals surface area contributed by atoms with Gasteiger partial charge in [-0.25, -0.2) is 0 Å². The smallest absolute Gasteiger partial charge is 0.354 e. The third-order valence-electron chi connectivity index (χ3n) is 5.07. The highest BCUT2D eigenvalue weighted by atomic mass is 79.9. The van der Waals surface area contributed by atoms with Crippen molar-refractivity contribution in [2.45, 2.75) is 65.2 Å². The lowest BCUT2D eigenvalue weighted by Gasteiger charge is -2.15. The zero-order chi connectivity index (χ0) is 20.6. The summed E-state index contributed by atoms with van der Waals surface area (Å²) in [6.07, 6.45) is -2.30. The fraction of sp³-hybridized carbons (Fsp3) is 0.611. The maximum atomic E-state index is 13.4. The van der Waals surface area contributed by atoms with Gasteiger partial charge in [-0.2, -0.15) is 23.4 Å². The Morgan fingerprint density at radius 1 is 1.29 bits per heavy atom. The number of alkyl halides is 3. The number of aromatic nitrogens is 4. The van der Waals surface area contributed by atoms with E-state index in [0.717, 1.165) is 27.0 Å². The Kier molecular flexibility index (Phi) is 5.88. The second-order valence-corrected chi connectivity index (χ2v) is 7.89. The van der Waals surface area contributed by atoms with Crippen molar-refractivity contribution in [1.29, 1.82) is 0 Å². The van der Waals surface area contributed by atoms with Crippen molar-refractivity contribution in [1.82, 2.24) is 24.9 Å². The molecule has 2 aromatic heterocycles. The third kappa shape index (κ3) is 3.97. The second kappa shape index (κ2) is 7.88. The number of aryl methyl sites for hydroxylation is 3.